The average Bonchev–Trinajstić information content (AvgIpc) is 2.46. The van der Waals surface area contributed by atoms with Gasteiger partial charge in [0.05, 0.1) is 6.21 Å². The van der Waals surface area contributed by atoms with Crippen molar-refractivity contribution >= 4 is 38.5 Å². The smallest absolute Gasteiger partial charge is 0.0544 e. The minimum Gasteiger partial charge on any atom is -0.323 e. The second-order valence-electron chi connectivity index (χ2n) is 4.79. The fourth-order valence-corrected chi connectivity index (χ4v) is 2.95. The molecule has 2 heteroatoms. The third-order valence-corrected chi connectivity index (χ3v) is 3.78. The third kappa shape index (κ3) is 1.34. The molecule has 0 unspecified atom stereocenters. The van der Waals surface area contributed by atoms with Crippen LogP contribution in [0.4, 0.5) is 0 Å². The molecule has 0 heterocycles. The second-order valence-corrected chi connectivity index (χ2v) is 4.79. The molecule has 0 bridgehead atoms. The number of hydrogen-bond acceptors (Lipinski definition) is 2. The monoisotopic (exact) mass is 244 g/mol. The first kappa shape index (κ1) is 10.3. The Morgan fingerprint density at radius 1 is 0.737 bits per heavy atom. The summed E-state index contributed by atoms with van der Waals surface area (Å²) in [6.45, 7) is 0. The largest absolute Gasteiger partial charge is 0.323 e. The molecule has 0 saturated heterocycles. The summed E-state index contributed by atoms with van der Waals surface area (Å²) in [5.74, 6) is 5.30. The van der Waals surface area contributed by atoms with E-state index in [1.54, 1.807) is 6.21 Å². The predicted octanol–water partition coefficient (Wildman–Crippen LogP) is 3.88. The minimum absolute atomic E-state index is 1.06. The highest BCUT2D eigenvalue weighted by atomic mass is 15.1. The lowest BCUT2D eigenvalue weighted by Gasteiger charge is -2.11. The molecule has 0 fully saturated rings. The van der Waals surface area contributed by atoms with E-state index < -0.39 is 0 Å². The van der Waals surface area contributed by atoms with Gasteiger partial charge < -0.3 is 5.84 Å². The van der Waals surface area contributed by atoms with Gasteiger partial charge in [0.1, 0.15) is 0 Å². The Hall–Kier alpha value is -2.61. The Morgan fingerprint density at radius 2 is 1.37 bits per heavy atom. The second kappa shape index (κ2) is 3.69. The molecule has 4 aromatic rings. The van der Waals surface area contributed by atoms with Gasteiger partial charge in [-0.25, -0.2) is 0 Å². The normalized spacial score (nSPS) is 12.2. The summed E-state index contributed by atoms with van der Waals surface area (Å²) in [7, 11) is 0. The van der Waals surface area contributed by atoms with Crippen molar-refractivity contribution in [2.75, 3.05) is 0 Å². The van der Waals surface area contributed by atoms with Crippen LogP contribution in [0.5, 0.6) is 0 Å². The lowest BCUT2D eigenvalue weighted by Crippen LogP contribution is -1.90. The first-order valence-electron chi connectivity index (χ1n) is 6.28. The quantitative estimate of drug-likeness (QED) is 0.235. The van der Waals surface area contributed by atoms with Crippen LogP contribution in [0.15, 0.2) is 59.7 Å². The van der Waals surface area contributed by atoms with Crippen LogP contribution in [-0.4, -0.2) is 6.21 Å². The Balaban J connectivity index is 2.34. The van der Waals surface area contributed by atoms with Crippen molar-refractivity contribution < 1.29 is 0 Å². The molecule has 0 aliphatic rings. The van der Waals surface area contributed by atoms with Gasteiger partial charge in [-0.1, -0.05) is 54.6 Å². The Morgan fingerprint density at radius 3 is 2.11 bits per heavy atom. The number of benzene rings is 4. The standard InChI is InChI=1S/C17H12N2/c18-19-10-14-7-6-13-5-4-11-2-1-3-12-8-9-15(14)17(13)16(11)12/h1-10H,18H2. The highest BCUT2D eigenvalue weighted by Gasteiger charge is 2.09. The molecule has 0 spiro atoms. The van der Waals surface area contributed by atoms with Crippen LogP contribution in [0.25, 0.3) is 32.3 Å². The van der Waals surface area contributed by atoms with Gasteiger partial charge in [-0.2, -0.15) is 5.10 Å². The van der Waals surface area contributed by atoms with E-state index in [4.69, 9.17) is 5.84 Å². The van der Waals surface area contributed by atoms with E-state index in [1.165, 1.54) is 32.3 Å². The van der Waals surface area contributed by atoms with Crippen molar-refractivity contribution in [1.82, 2.24) is 0 Å². The van der Waals surface area contributed by atoms with Crippen LogP contribution in [-0.2, 0) is 0 Å². The molecule has 0 radical (unpaired) electrons. The van der Waals surface area contributed by atoms with Crippen molar-refractivity contribution in [3.8, 4) is 0 Å². The SMILES string of the molecule is NN=Cc1ccc2ccc3cccc4ccc1c2c34. The summed E-state index contributed by atoms with van der Waals surface area (Å²) in [6, 6.07) is 19.3. The lowest BCUT2D eigenvalue weighted by molar-refractivity contribution is 1.26. The maximum Gasteiger partial charge on any atom is 0.0544 e. The van der Waals surface area contributed by atoms with E-state index in [-0.39, 0.29) is 0 Å². The molecule has 2 nitrogen and oxygen atoms in total. The molecule has 0 aromatic heterocycles. The topological polar surface area (TPSA) is 38.4 Å². The van der Waals surface area contributed by atoms with Crippen molar-refractivity contribution in [2.45, 2.75) is 0 Å². The van der Waals surface area contributed by atoms with Crippen molar-refractivity contribution in [2.24, 2.45) is 10.9 Å². The molecular weight excluding hydrogens is 232 g/mol. The molecule has 0 saturated carbocycles. The average molecular weight is 244 g/mol. The Kier molecular flexibility index (Phi) is 2.00. The molecular formula is C17H12N2. The summed E-state index contributed by atoms with van der Waals surface area (Å²) in [4.78, 5) is 0. The Bertz CT molecular complexity index is 907. The highest BCUT2D eigenvalue weighted by molar-refractivity contribution is 6.25. The molecule has 0 atom stereocenters. The van der Waals surface area contributed by atoms with Gasteiger partial charge in [-0.3, -0.25) is 0 Å². The zero-order valence-corrected chi connectivity index (χ0v) is 10.3. The number of hydrogen-bond donors (Lipinski definition) is 1. The third-order valence-electron chi connectivity index (χ3n) is 3.78. The van der Waals surface area contributed by atoms with Gasteiger partial charge in [-0.05, 0) is 32.3 Å². The fraction of sp³-hybridized carbons (Fsp3) is 0. The van der Waals surface area contributed by atoms with E-state index in [9.17, 15) is 0 Å². The number of nitrogens with two attached hydrogens (primary N) is 1. The predicted molar refractivity (Wildman–Crippen MR) is 81.9 cm³/mol. The van der Waals surface area contributed by atoms with Crippen molar-refractivity contribution in [3.63, 3.8) is 0 Å². The van der Waals surface area contributed by atoms with E-state index in [1.807, 2.05) is 0 Å². The summed E-state index contributed by atoms with van der Waals surface area (Å²) >= 11 is 0. The van der Waals surface area contributed by atoms with E-state index >= 15 is 0 Å². The first-order valence-corrected chi connectivity index (χ1v) is 6.28. The van der Waals surface area contributed by atoms with Crippen LogP contribution in [0.3, 0.4) is 0 Å². The summed E-state index contributed by atoms with van der Waals surface area (Å²) < 4.78 is 0. The fourth-order valence-electron chi connectivity index (χ4n) is 2.95. The van der Waals surface area contributed by atoms with Gasteiger partial charge in [0, 0.05) is 5.56 Å². The Labute approximate surface area is 110 Å². The van der Waals surface area contributed by atoms with Gasteiger partial charge in [0.15, 0.2) is 0 Å². The molecule has 0 amide bonds. The van der Waals surface area contributed by atoms with Crippen molar-refractivity contribution in [1.29, 1.82) is 0 Å². The highest BCUT2D eigenvalue weighted by Crippen LogP contribution is 2.35. The van der Waals surface area contributed by atoms with Crippen LogP contribution < -0.4 is 5.84 Å². The molecule has 0 aliphatic heterocycles. The number of nitrogens with zero attached hydrogens (tertiary/aromatic N) is 1. The minimum atomic E-state index is 1.06. The zero-order valence-electron chi connectivity index (χ0n) is 10.3. The molecule has 4 aromatic carbocycles. The zero-order chi connectivity index (χ0) is 12.8. The molecule has 4 rings (SSSR count). The van der Waals surface area contributed by atoms with E-state index in [2.05, 4.69) is 59.7 Å². The molecule has 0 aliphatic carbocycles. The van der Waals surface area contributed by atoms with Crippen molar-refractivity contribution in [3.05, 3.63) is 60.2 Å². The molecule has 90 valence electrons. The van der Waals surface area contributed by atoms with Crippen LogP contribution in [0, 0.1) is 0 Å². The van der Waals surface area contributed by atoms with Gasteiger partial charge in [0.2, 0.25) is 0 Å². The van der Waals surface area contributed by atoms with Crippen LogP contribution in [0.1, 0.15) is 5.56 Å². The van der Waals surface area contributed by atoms with Gasteiger partial charge >= 0.3 is 0 Å². The number of hydrazone groups is 1. The van der Waals surface area contributed by atoms with Gasteiger partial charge in [-0.15, -0.1) is 0 Å². The maximum absolute atomic E-state index is 5.30. The van der Waals surface area contributed by atoms with Crippen LogP contribution >= 0.6 is 0 Å². The summed E-state index contributed by atoms with van der Waals surface area (Å²) in [5, 5.41) is 11.3. The lowest BCUT2D eigenvalue weighted by atomic mass is 9.92. The van der Waals surface area contributed by atoms with Gasteiger partial charge in [0.25, 0.3) is 0 Å². The molecule has 19 heavy (non-hydrogen) atoms. The van der Waals surface area contributed by atoms with E-state index in [0.29, 0.717) is 0 Å². The summed E-state index contributed by atoms with van der Waals surface area (Å²) in [5.41, 5.74) is 1.06. The van der Waals surface area contributed by atoms with E-state index in [0.717, 1.165) is 5.56 Å². The molecule has 2 N–H and O–H groups in total. The number of rotatable bonds is 1. The maximum atomic E-state index is 5.30. The summed E-state index contributed by atoms with van der Waals surface area (Å²) in [6.07, 6.45) is 1.71. The van der Waals surface area contributed by atoms with Crippen LogP contribution in [0.2, 0.25) is 0 Å². The first-order chi connectivity index (χ1) is 9.38.